The molecule has 0 unspecified atom stereocenters. The van der Waals surface area contributed by atoms with Crippen LogP contribution in [0.4, 0.5) is 5.69 Å². The number of hydrogen-bond donors (Lipinski definition) is 2. The van der Waals surface area contributed by atoms with Gasteiger partial charge in [0.1, 0.15) is 0 Å². The van der Waals surface area contributed by atoms with E-state index in [0.29, 0.717) is 11.3 Å². The largest absolute Gasteiger partial charge is 0.398 e. The number of nitrogen functional groups attached to an aromatic ring is 1. The third kappa shape index (κ3) is 4.61. The van der Waals surface area contributed by atoms with Crippen molar-refractivity contribution in [2.75, 3.05) is 11.5 Å². The molecule has 0 aliphatic rings. The Morgan fingerprint density at radius 2 is 1.86 bits per heavy atom. The van der Waals surface area contributed by atoms with Crippen LogP contribution in [0.3, 0.4) is 0 Å². The van der Waals surface area contributed by atoms with Crippen molar-refractivity contribution in [1.82, 2.24) is 5.32 Å². The summed E-state index contributed by atoms with van der Waals surface area (Å²) in [5.74, 6) is -0.629. The first kappa shape index (κ1) is 15.6. The quantitative estimate of drug-likeness (QED) is 0.645. The van der Waals surface area contributed by atoms with E-state index in [1.807, 2.05) is 18.2 Å². The normalized spacial score (nSPS) is 10.1. The van der Waals surface area contributed by atoms with Gasteiger partial charge in [-0.3, -0.25) is 14.9 Å². The van der Waals surface area contributed by atoms with Gasteiger partial charge in [-0.05, 0) is 30.3 Å². The van der Waals surface area contributed by atoms with Gasteiger partial charge in [-0.15, -0.1) is 11.8 Å². The summed E-state index contributed by atoms with van der Waals surface area (Å²) in [5.41, 5.74) is 6.89. The Morgan fingerprint density at radius 3 is 2.57 bits per heavy atom. The van der Waals surface area contributed by atoms with Crippen LogP contribution in [0.2, 0.25) is 0 Å². The summed E-state index contributed by atoms with van der Waals surface area (Å²) < 4.78 is 0.889. The Labute approximate surface area is 135 Å². The number of imide groups is 1. The van der Waals surface area contributed by atoms with Crippen molar-refractivity contribution in [2.45, 2.75) is 4.90 Å². The third-order valence-electron chi connectivity index (χ3n) is 2.62. The van der Waals surface area contributed by atoms with Crippen LogP contribution >= 0.6 is 27.7 Å². The molecule has 0 aliphatic heterocycles. The highest BCUT2D eigenvalue weighted by Gasteiger charge is 2.11. The summed E-state index contributed by atoms with van der Waals surface area (Å²) >= 11 is 4.64. The average Bonchev–Trinajstić information content (AvgIpc) is 2.49. The molecule has 2 rings (SSSR count). The first-order chi connectivity index (χ1) is 10.1. The van der Waals surface area contributed by atoms with Gasteiger partial charge in [-0.25, -0.2) is 0 Å². The minimum absolute atomic E-state index is 0.124. The molecule has 2 amide bonds. The Morgan fingerprint density at radius 1 is 1.14 bits per heavy atom. The number of anilines is 1. The van der Waals surface area contributed by atoms with Gasteiger partial charge >= 0.3 is 0 Å². The highest BCUT2D eigenvalue weighted by Crippen LogP contribution is 2.27. The number of nitrogens with two attached hydrogens (primary N) is 1. The van der Waals surface area contributed by atoms with Crippen LogP contribution in [-0.4, -0.2) is 17.6 Å². The molecule has 108 valence electrons. The molecule has 0 aromatic heterocycles. The van der Waals surface area contributed by atoms with Crippen molar-refractivity contribution in [1.29, 1.82) is 0 Å². The van der Waals surface area contributed by atoms with E-state index in [1.54, 1.807) is 30.3 Å². The maximum Gasteiger partial charge on any atom is 0.257 e. The lowest BCUT2D eigenvalue weighted by Gasteiger charge is -2.06. The molecule has 0 bridgehead atoms. The summed E-state index contributed by atoms with van der Waals surface area (Å²) in [4.78, 5) is 24.4. The van der Waals surface area contributed by atoms with Gasteiger partial charge in [0.15, 0.2) is 0 Å². The van der Waals surface area contributed by atoms with Crippen LogP contribution in [-0.2, 0) is 4.79 Å². The number of hydrogen-bond acceptors (Lipinski definition) is 4. The van der Waals surface area contributed by atoms with Gasteiger partial charge in [-0.1, -0.05) is 34.1 Å². The molecular weight excluding hydrogens is 352 g/mol. The van der Waals surface area contributed by atoms with Gasteiger partial charge in [0.2, 0.25) is 5.91 Å². The molecule has 0 atom stereocenters. The van der Waals surface area contributed by atoms with Crippen LogP contribution in [0.15, 0.2) is 57.9 Å². The number of amides is 2. The number of benzene rings is 2. The Bertz CT molecular complexity index is 662. The summed E-state index contributed by atoms with van der Waals surface area (Å²) in [6.45, 7) is 0. The SMILES string of the molecule is Nc1ccc(Br)cc1SCC(=O)NC(=O)c1ccccc1. The summed E-state index contributed by atoms with van der Waals surface area (Å²) in [7, 11) is 0. The third-order valence-corrected chi connectivity index (χ3v) is 4.19. The lowest BCUT2D eigenvalue weighted by atomic mass is 10.2. The van der Waals surface area contributed by atoms with E-state index in [1.165, 1.54) is 11.8 Å². The fourth-order valence-corrected chi connectivity index (χ4v) is 2.92. The molecule has 0 saturated heterocycles. The second-order valence-electron chi connectivity index (χ2n) is 4.21. The molecule has 2 aromatic rings. The lowest BCUT2D eigenvalue weighted by molar-refractivity contribution is -0.117. The molecule has 0 radical (unpaired) electrons. The smallest absolute Gasteiger partial charge is 0.257 e. The molecule has 0 spiro atoms. The van der Waals surface area contributed by atoms with Gasteiger partial charge in [-0.2, -0.15) is 0 Å². The minimum atomic E-state index is -0.400. The number of thioether (sulfide) groups is 1. The standard InChI is InChI=1S/C15H13BrN2O2S/c16-11-6-7-12(17)13(8-11)21-9-14(19)18-15(20)10-4-2-1-3-5-10/h1-8H,9,17H2,(H,18,19,20). The monoisotopic (exact) mass is 364 g/mol. The molecule has 2 aromatic carbocycles. The molecule has 3 N–H and O–H groups in total. The highest BCUT2D eigenvalue weighted by molar-refractivity contribution is 9.10. The van der Waals surface area contributed by atoms with Crippen LogP contribution < -0.4 is 11.1 Å². The summed E-state index contributed by atoms with van der Waals surface area (Å²) in [6, 6.07) is 14.0. The van der Waals surface area contributed by atoms with E-state index in [9.17, 15) is 9.59 Å². The van der Waals surface area contributed by atoms with Gasteiger partial charge in [0, 0.05) is 20.6 Å². The van der Waals surface area contributed by atoms with Gasteiger partial charge in [0.25, 0.3) is 5.91 Å². The van der Waals surface area contributed by atoms with E-state index < -0.39 is 5.91 Å². The molecule has 6 heteroatoms. The zero-order chi connectivity index (χ0) is 15.2. The fraction of sp³-hybridized carbons (Fsp3) is 0.0667. The molecule has 0 aliphatic carbocycles. The van der Waals surface area contributed by atoms with Crippen molar-refractivity contribution >= 4 is 45.2 Å². The molecule has 0 saturated carbocycles. The Kier molecular flexibility index (Phi) is 5.41. The Balaban J connectivity index is 1.91. The van der Waals surface area contributed by atoms with E-state index in [-0.39, 0.29) is 11.7 Å². The number of carbonyl (C=O) groups is 2. The lowest BCUT2D eigenvalue weighted by Crippen LogP contribution is -2.31. The number of nitrogens with one attached hydrogen (secondary N) is 1. The minimum Gasteiger partial charge on any atom is -0.398 e. The second-order valence-corrected chi connectivity index (χ2v) is 6.15. The summed E-state index contributed by atoms with van der Waals surface area (Å²) in [6.07, 6.45) is 0. The van der Waals surface area contributed by atoms with E-state index >= 15 is 0 Å². The second kappa shape index (κ2) is 7.28. The first-order valence-electron chi connectivity index (χ1n) is 6.13. The molecule has 0 heterocycles. The topological polar surface area (TPSA) is 72.2 Å². The number of carbonyl (C=O) groups excluding carboxylic acids is 2. The van der Waals surface area contributed by atoms with Crippen molar-refractivity contribution in [2.24, 2.45) is 0 Å². The molecule has 4 nitrogen and oxygen atoms in total. The van der Waals surface area contributed by atoms with Crippen LogP contribution in [0.1, 0.15) is 10.4 Å². The molecule has 0 fully saturated rings. The predicted octanol–water partition coefficient (Wildman–Crippen LogP) is 3.08. The first-order valence-corrected chi connectivity index (χ1v) is 7.91. The van der Waals surface area contributed by atoms with E-state index in [0.717, 1.165) is 9.37 Å². The van der Waals surface area contributed by atoms with Crippen LogP contribution in [0.5, 0.6) is 0 Å². The zero-order valence-electron chi connectivity index (χ0n) is 11.0. The summed E-state index contributed by atoms with van der Waals surface area (Å²) in [5, 5.41) is 2.35. The van der Waals surface area contributed by atoms with Crippen molar-refractivity contribution in [3.05, 3.63) is 58.6 Å². The van der Waals surface area contributed by atoms with Crippen molar-refractivity contribution in [3.63, 3.8) is 0 Å². The molecular formula is C15H13BrN2O2S. The number of halogens is 1. The highest BCUT2D eigenvalue weighted by atomic mass is 79.9. The van der Waals surface area contributed by atoms with Crippen LogP contribution in [0, 0.1) is 0 Å². The van der Waals surface area contributed by atoms with Crippen molar-refractivity contribution < 1.29 is 9.59 Å². The van der Waals surface area contributed by atoms with E-state index in [2.05, 4.69) is 21.2 Å². The van der Waals surface area contributed by atoms with Crippen molar-refractivity contribution in [3.8, 4) is 0 Å². The Hall–Kier alpha value is -1.79. The zero-order valence-corrected chi connectivity index (χ0v) is 13.4. The average molecular weight is 365 g/mol. The molecule has 21 heavy (non-hydrogen) atoms. The van der Waals surface area contributed by atoms with Gasteiger partial charge < -0.3 is 5.73 Å². The maximum absolute atomic E-state index is 11.8. The fourth-order valence-electron chi connectivity index (χ4n) is 1.60. The van der Waals surface area contributed by atoms with Crippen LogP contribution in [0.25, 0.3) is 0 Å². The van der Waals surface area contributed by atoms with E-state index in [4.69, 9.17) is 5.73 Å². The predicted molar refractivity (Wildman–Crippen MR) is 88.2 cm³/mol. The maximum atomic E-state index is 11.8. The number of rotatable bonds is 4. The van der Waals surface area contributed by atoms with Gasteiger partial charge in [0.05, 0.1) is 5.75 Å².